The number of anilines is 1. The van der Waals surface area contributed by atoms with Crippen LogP contribution in [0.25, 0.3) is 0 Å². The summed E-state index contributed by atoms with van der Waals surface area (Å²) >= 11 is 0. The first-order valence-corrected chi connectivity index (χ1v) is 5.21. The third kappa shape index (κ3) is 4.19. The van der Waals surface area contributed by atoms with Crippen LogP contribution >= 0.6 is 0 Å². The van der Waals surface area contributed by atoms with E-state index < -0.39 is 29.9 Å². The molecule has 0 aliphatic rings. The molecule has 0 aromatic carbocycles. The highest BCUT2D eigenvalue weighted by Crippen LogP contribution is 2.19. The number of hydrogen-bond donors (Lipinski definition) is 2. The lowest BCUT2D eigenvalue weighted by Crippen LogP contribution is -2.27. The second kappa shape index (κ2) is 5.21. The van der Waals surface area contributed by atoms with Gasteiger partial charge in [0.05, 0.1) is 11.9 Å². The first kappa shape index (κ1) is 14.9. The molecule has 19 heavy (non-hydrogen) atoms. The summed E-state index contributed by atoms with van der Waals surface area (Å²) < 4.78 is 29.8. The Balaban J connectivity index is 2.93. The molecule has 1 aromatic heterocycles. The van der Waals surface area contributed by atoms with Crippen LogP contribution in [0, 0.1) is 0 Å². The van der Waals surface area contributed by atoms with Gasteiger partial charge in [0.1, 0.15) is 5.60 Å². The van der Waals surface area contributed by atoms with Crippen molar-refractivity contribution in [2.24, 2.45) is 0 Å². The van der Waals surface area contributed by atoms with Crippen molar-refractivity contribution in [1.82, 2.24) is 9.78 Å². The Hall–Kier alpha value is -2.19. The molecule has 0 spiro atoms. The van der Waals surface area contributed by atoms with E-state index in [-0.39, 0.29) is 10.4 Å². The summed E-state index contributed by atoms with van der Waals surface area (Å²) in [6.45, 7) is 1.81. The number of carbonyl (C=O) groups is 2. The van der Waals surface area contributed by atoms with Crippen LogP contribution in [0.3, 0.4) is 0 Å². The number of aromatic nitrogens is 2. The molecular weight excluding hydrogens is 264 g/mol. The fourth-order valence-corrected chi connectivity index (χ4v) is 1.15. The molecule has 1 rings (SSSR count). The molecule has 7 nitrogen and oxygen atoms in total. The van der Waals surface area contributed by atoms with Gasteiger partial charge < -0.3 is 9.84 Å². The lowest BCUT2D eigenvalue weighted by molar-refractivity contribution is 0.0543. The topological polar surface area (TPSA) is 93.5 Å². The van der Waals surface area contributed by atoms with Crippen molar-refractivity contribution in [3.05, 3.63) is 11.9 Å². The molecule has 106 valence electrons. The molecule has 1 amide bonds. The van der Waals surface area contributed by atoms with Gasteiger partial charge in [0.25, 0.3) is 0 Å². The molecule has 1 heterocycles. The zero-order chi connectivity index (χ0) is 14.8. The number of alkyl halides is 2. The number of aromatic carboxylic acids is 1. The van der Waals surface area contributed by atoms with E-state index in [1.54, 1.807) is 20.8 Å². The first-order valence-electron chi connectivity index (χ1n) is 5.21. The minimum Gasteiger partial charge on any atom is -0.476 e. The van der Waals surface area contributed by atoms with E-state index in [0.29, 0.717) is 0 Å². The molecule has 0 aliphatic carbocycles. The number of nitrogens with zero attached hydrogens (tertiary/aromatic N) is 2. The Labute approximate surface area is 107 Å². The number of halogens is 2. The third-order valence-electron chi connectivity index (χ3n) is 1.77. The van der Waals surface area contributed by atoms with Crippen molar-refractivity contribution < 1.29 is 28.2 Å². The molecule has 0 fully saturated rings. The van der Waals surface area contributed by atoms with Crippen molar-refractivity contribution >= 4 is 17.7 Å². The van der Waals surface area contributed by atoms with E-state index in [1.807, 2.05) is 0 Å². The maximum absolute atomic E-state index is 12.4. The number of carbonyl (C=O) groups excluding carboxylic acids is 1. The summed E-state index contributed by atoms with van der Waals surface area (Å²) in [5.74, 6) is -1.54. The monoisotopic (exact) mass is 277 g/mol. The maximum Gasteiger partial charge on any atom is 0.412 e. The number of nitrogens with one attached hydrogen (secondary N) is 1. The second-order valence-corrected chi connectivity index (χ2v) is 4.58. The average molecular weight is 277 g/mol. The minimum atomic E-state index is -3.01. The van der Waals surface area contributed by atoms with Crippen LogP contribution in [0.1, 0.15) is 37.8 Å². The van der Waals surface area contributed by atoms with Crippen molar-refractivity contribution in [3.63, 3.8) is 0 Å². The van der Waals surface area contributed by atoms with Gasteiger partial charge in [0.2, 0.25) is 0 Å². The van der Waals surface area contributed by atoms with Crippen LogP contribution in [0.2, 0.25) is 0 Å². The van der Waals surface area contributed by atoms with E-state index in [4.69, 9.17) is 9.84 Å². The standard InChI is InChI=1S/C10H13F2N3O4/c1-10(2,3)19-9(18)13-5-4-15(8(11)12)14-6(5)7(16)17/h4,8H,1-3H3,(H,13,18)(H,16,17). The molecule has 0 saturated heterocycles. The smallest absolute Gasteiger partial charge is 0.412 e. The first-order chi connectivity index (χ1) is 8.60. The molecule has 1 aromatic rings. The van der Waals surface area contributed by atoms with E-state index in [2.05, 4.69) is 10.4 Å². The van der Waals surface area contributed by atoms with Gasteiger partial charge in [-0.25, -0.2) is 14.3 Å². The molecule has 0 unspecified atom stereocenters. The van der Waals surface area contributed by atoms with Gasteiger partial charge in [-0.3, -0.25) is 5.32 Å². The van der Waals surface area contributed by atoms with E-state index >= 15 is 0 Å². The quantitative estimate of drug-likeness (QED) is 0.884. The molecule has 0 aliphatic heterocycles. The minimum absolute atomic E-state index is 0.135. The summed E-state index contributed by atoms with van der Waals surface area (Å²) in [5.41, 5.74) is -1.85. The van der Waals surface area contributed by atoms with Gasteiger partial charge in [-0.15, -0.1) is 0 Å². The lowest BCUT2D eigenvalue weighted by atomic mass is 10.2. The van der Waals surface area contributed by atoms with Crippen LogP contribution in [0.15, 0.2) is 6.20 Å². The van der Waals surface area contributed by atoms with Crippen LogP contribution < -0.4 is 5.32 Å². The fraction of sp³-hybridized carbons (Fsp3) is 0.500. The van der Waals surface area contributed by atoms with Crippen LogP contribution in [0.5, 0.6) is 0 Å². The Morgan fingerprint density at radius 3 is 2.47 bits per heavy atom. The second-order valence-electron chi connectivity index (χ2n) is 4.58. The zero-order valence-electron chi connectivity index (χ0n) is 10.5. The molecule has 2 N–H and O–H groups in total. The Kier molecular flexibility index (Phi) is 4.07. The molecule has 0 saturated carbocycles. The highest BCUT2D eigenvalue weighted by atomic mass is 19.3. The molecule has 0 atom stereocenters. The average Bonchev–Trinajstić information content (AvgIpc) is 2.58. The number of carboxylic acids is 1. The number of ether oxygens (including phenoxy) is 1. The SMILES string of the molecule is CC(C)(C)OC(=O)Nc1cn(C(F)F)nc1C(=O)O. The predicted molar refractivity (Wildman–Crippen MR) is 60.3 cm³/mol. The summed E-state index contributed by atoms with van der Waals surface area (Å²) in [5, 5.41) is 14.0. The highest BCUT2D eigenvalue weighted by molar-refractivity contribution is 5.96. The summed E-state index contributed by atoms with van der Waals surface area (Å²) in [7, 11) is 0. The van der Waals surface area contributed by atoms with Gasteiger partial charge in [0.15, 0.2) is 5.69 Å². The third-order valence-corrected chi connectivity index (χ3v) is 1.77. The van der Waals surface area contributed by atoms with Crippen LogP contribution in [-0.2, 0) is 4.74 Å². The zero-order valence-corrected chi connectivity index (χ0v) is 10.5. The number of hydrogen-bond acceptors (Lipinski definition) is 4. The maximum atomic E-state index is 12.4. The van der Waals surface area contributed by atoms with Gasteiger partial charge in [-0.1, -0.05) is 0 Å². The van der Waals surface area contributed by atoms with Crippen molar-refractivity contribution in [3.8, 4) is 0 Å². The number of carboxylic acid groups (broad SMARTS) is 1. The van der Waals surface area contributed by atoms with Crippen molar-refractivity contribution in [1.29, 1.82) is 0 Å². The van der Waals surface area contributed by atoms with Crippen LogP contribution in [-0.4, -0.2) is 32.6 Å². The summed E-state index contributed by atoms with van der Waals surface area (Å²) in [4.78, 5) is 22.2. The predicted octanol–water partition coefficient (Wildman–Crippen LogP) is 2.32. The Morgan fingerprint density at radius 1 is 1.47 bits per heavy atom. The molecular formula is C10H13F2N3O4. The summed E-state index contributed by atoms with van der Waals surface area (Å²) in [6, 6.07) is 0. The van der Waals surface area contributed by atoms with Gasteiger partial charge in [-0.05, 0) is 20.8 Å². The van der Waals surface area contributed by atoms with E-state index in [1.165, 1.54) is 0 Å². The molecule has 0 radical (unpaired) electrons. The number of amides is 1. The lowest BCUT2D eigenvalue weighted by Gasteiger charge is -2.19. The van der Waals surface area contributed by atoms with Crippen molar-refractivity contribution in [2.45, 2.75) is 32.9 Å². The Bertz CT molecular complexity index is 493. The van der Waals surface area contributed by atoms with Gasteiger partial charge in [0, 0.05) is 0 Å². The summed E-state index contributed by atoms with van der Waals surface area (Å²) in [6.07, 6.45) is -0.235. The fourth-order valence-electron chi connectivity index (χ4n) is 1.15. The number of rotatable bonds is 3. The van der Waals surface area contributed by atoms with Crippen molar-refractivity contribution in [2.75, 3.05) is 5.32 Å². The normalized spacial score (nSPS) is 11.5. The molecule has 9 heteroatoms. The van der Waals surface area contributed by atoms with Crippen LogP contribution in [0.4, 0.5) is 19.3 Å². The largest absolute Gasteiger partial charge is 0.476 e. The highest BCUT2D eigenvalue weighted by Gasteiger charge is 2.23. The Morgan fingerprint density at radius 2 is 2.05 bits per heavy atom. The van der Waals surface area contributed by atoms with Gasteiger partial charge in [-0.2, -0.15) is 13.9 Å². The molecule has 0 bridgehead atoms. The van der Waals surface area contributed by atoms with E-state index in [0.717, 1.165) is 6.20 Å². The van der Waals surface area contributed by atoms with Gasteiger partial charge >= 0.3 is 18.6 Å². The van der Waals surface area contributed by atoms with E-state index in [9.17, 15) is 18.4 Å².